The summed E-state index contributed by atoms with van der Waals surface area (Å²) >= 11 is 0. The fourth-order valence-electron chi connectivity index (χ4n) is 4.14. The van der Waals surface area contributed by atoms with Crippen molar-refractivity contribution in [1.82, 2.24) is 20.0 Å². The molecule has 2 atom stereocenters. The highest BCUT2D eigenvalue weighted by molar-refractivity contribution is 5.94. The van der Waals surface area contributed by atoms with Crippen molar-refractivity contribution in [2.75, 3.05) is 14.1 Å². The third kappa shape index (κ3) is 3.35. The average molecular weight is 334 g/mol. The number of nitrogens with zero attached hydrogens (tertiary/aromatic N) is 3. The fourth-order valence-corrected chi connectivity index (χ4v) is 4.14. The van der Waals surface area contributed by atoms with E-state index in [2.05, 4.69) is 36.3 Å². The van der Waals surface area contributed by atoms with Gasteiger partial charge in [-0.1, -0.05) is 0 Å². The standard InChI is InChI=1S/C18H30N4O2/c1-11-10-15-16(12(2)24-11)20-22(5)17(15)18(23)19-13-6-8-14(9-7-13)21(3)4/h11-14H,6-10H2,1-5H3,(H,19,23)/t11-,12+,13?,14?/m1/s1. The van der Waals surface area contributed by atoms with Crippen LogP contribution < -0.4 is 5.32 Å². The molecule has 0 saturated heterocycles. The lowest BCUT2D eigenvalue weighted by atomic mass is 9.90. The third-order valence-corrected chi connectivity index (χ3v) is 5.47. The summed E-state index contributed by atoms with van der Waals surface area (Å²) in [6.45, 7) is 4.06. The summed E-state index contributed by atoms with van der Waals surface area (Å²) in [5, 5.41) is 7.78. The predicted molar refractivity (Wildman–Crippen MR) is 93.1 cm³/mol. The van der Waals surface area contributed by atoms with Crippen LogP contribution in [0.2, 0.25) is 0 Å². The minimum absolute atomic E-state index is 0.0147. The lowest BCUT2D eigenvalue weighted by molar-refractivity contribution is -0.00710. The van der Waals surface area contributed by atoms with E-state index in [1.165, 1.54) is 0 Å². The topological polar surface area (TPSA) is 59.4 Å². The first-order valence-corrected chi connectivity index (χ1v) is 9.05. The lowest BCUT2D eigenvalue weighted by Gasteiger charge is -2.33. The van der Waals surface area contributed by atoms with Gasteiger partial charge in [0.1, 0.15) is 5.69 Å². The minimum Gasteiger partial charge on any atom is -0.369 e. The van der Waals surface area contributed by atoms with Crippen molar-refractivity contribution < 1.29 is 9.53 Å². The number of hydrogen-bond donors (Lipinski definition) is 1. The molecule has 0 unspecified atom stereocenters. The summed E-state index contributed by atoms with van der Waals surface area (Å²) in [4.78, 5) is 15.2. The third-order valence-electron chi connectivity index (χ3n) is 5.47. The van der Waals surface area contributed by atoms with Gasteiger partial charge in [0.25, 0.3) is 5.91 Å². The maximum absolute atomic E-state index is 12.9. The molecule has 1 fully saturated rings. The molecule has 1 amide bonds. The second-order valence-corrected chi connectivity index (χ2v) is 7.57. The summed E-state index contributed by atoms with van der Waals surface area (Å²) < 4.78 is 7.56. The quantitative estimate of drug-likeness (QED) is 0.919. The molecule has 134 valence electrons. The van der Waals surface area contributed by atoms with E-state index in [0.29, 0.717) is 11.7 Å². The van der Waals surface area contributed by atoms with Crippen LogP contribution in [0, 0.1) is 0 Å². The van der Waals surface area contributed by atoms with Crippen LogP contribution in [0.3, 0.4) is 0 Å². The first-order chi connectivity index (χ1) is 11.4. The number of rotatable bonds is 3. The van der Waals surface area contributed by atoms with Crippen molar-refractivity contribution >= 4 is 5.91 Å². The van der Waals surface area contributed by atoms with Crippen LogP contribution >= 0.6 is 0 Å². The van der Waals surface area contributed by atoms with Crippen LogP contribution in [0.5, 0.6) is 0 Å². The van der Waals surface area contributed by atoms with Crippen LogP contribution in [0.1, 0.15) is 67.4 Å². The molecule has 2 heterocycles. The van der Waals surface area contributed by atoms with E-state index in [0.717, 1.165) is 43.4 Å². The van der Waals surface area contributed by atoms with E-state index in [9.17, 15) is 4.79 Å². The zero-order valence-electron chi connectivity index (χ0n) is 15.5. The summed E-state index contributed by atoms with van der Waals surface area (Å²) in [6.07, 6.45) is 5.21. The Bertz CT molecular complexity index is 602. The molecule has 1 aliphatic heterocycles. The van der Waals surface area contributed by atoms with E-state index in [1.807, 2.05) is 14.0 Å². The number of fused-ring (bicyclic) bond motifs is 1. The molecular formula is C18H30N4O2. The largest absolute Gasteiger partial charge is 0.369 e. The van der Waals surface area contributed by atoms with E-state index >= 15 is 0 Å². The Morgan fingerprint density at radius 3 is 2.54 bits per heavy atom. The summed E-state index contributed by atoms with van der Waals surface area (Å²) in [6, 6.07) is 0.912. The van der Waals surface area contributed by atoms with Gasteiger partial charge in [0, 0.05) is 31.1 Å². The molecule has 2 aliphatic rings. The SMILES string of the molecule is C[C@@H]1Cc2c(nn(C)c2C(=O)NC2CCC(N(C)C)CC2)[C@H](C)O1. The van der Waals surface area contributed by atoms with Gasteiger partial charge in [0.15, 0.2) is 0 Å². The number of carbonyl (C=O) groups excluding carboxylic acids is 1. The van der Waals surface area contributed by atoms with Gasteiger partial charge in [-0.25, -0.2) is 0 Å². The van der Waals surface area contributed by atoms with Crippen LogP contribution in [0.15, 0.2) is 0 Å². The molecule has 1 saturated carbocycles. The Morgan fingerprint density at radius 2 is 1.92 bits per heavy atom. The average Bonchev–Trinajstić information content (AvgIpc) is 2.84. The minimum atomic E-state index is -0.0490. The Hall–Kier alpha value is -1.40. The molecule has 1 N–H and O–H groups in total. The number of ether oxygens (including phenoxy) is 1. The molecule has 6 nitrogen and oxygen atoms in total. The predicted octanol–water partition coefficient (Wildman–Crippen LogP) is 2.04. The molecule has 1 aromatic rings. The fraction of sp³-hybridized carbons (Fsp3) is 0.778. The van der Waals surface area contributed by atoms with Gasteiger partial charge in [0.2, 0.25) is 0 Å². The van der Waals surface area contributed by atoms with Crippen molar-refractivity contribution in [3.8, 4) is 0 Å². The Labute approximate surface area is 144 Å². The van der Waals surface area contributed by atoms with Crippen molar-refractivity contribution in [1.29, 1.82) is 0 Å². The highest BCUT2D eigenvalue weighted by Gasteiger charge is 2.32. The van der Waals surface area contributed by atoms with E-state index in [1.54, 1.807) is 4.68 Å². The van der Waals surface area contributed by atoms with Crippen LogP contribution in [-0.4, -0.2) is 52.9 Å². The smallest absolute Gasteiger partial charge is 0.270 e. The van der Waals surface area contributed by atoms with Gasteiger partial charge in [0.05, 0.1) is 17.9 Å². The highest BCUT2D eigenvalue weighted by Crippen LogP contribution is 2.31. The van der Waals surface area contributed by atoms with E-state index in [4.69, 9.17) is 4.74 Å². The number of amides is 1. The Morgan fingerprint density at radius 1 is 1.25 bits per heavy atom. The molecule has 1 aliphatic carbocycles. The number of hydrogen-bond acceptors (Lipinski definition) is 4. The molecule has 6 heteroatoms. The number of aryl methyl sites for hydroxylation is 1. The molecular weight excluding hydrogens is 304 g/mol. The molecule has 0 radical (unpaired) electrons. The number of aromatic nitrogens is 2. The van der Waals surface area contributed by atoms with Gasteiger partial charge < -0.3 is 15.0 Å². The maximum Gasteiger partial charge on any atom is 0.270 e. The van der Waals surface area contributed by atoms with Crippen molar-refractivity contribution in [3.63, 3.8) is 0 Å². The maximum atomic E-state index is 12.9. The zero-order chi connectivity index (χ0) is 17.4. The number of carbonyl (C=O) groups is 1. The summed E-state index contributed by atoms with van der Waals surface area (Å²) in [5.74, 6) is 0.0147. The molecule has 0 spiro atoms. The monoisotopic (exact) mass is 334 g/mol. The van der Waals surface area contributed by atoms with Crippen molar-refractivity contribution in [2.45, 2.75) is 70.2 Å². The summed E-state index contributed by atoms with van der Waals surface area (Å²) in [7, 11) is 6.12. The van der Waals surface area contributed by atoms with Crippen LogP contribution in [0.25, 0.3) is 0 Å². The molecule has 3 rings (SSSR count). The lowest BCUT2D eigenvalue weighted by Crippen LogP contribution is -2.42. The van der Waals surface area contributed by atoms with Crippen molar-refractivity contribution in [3.05, 3.63) is 17.0 Å². The first kappa shape index (κ1) is 17.4. The van der Waals surface area contributed by atoms with Crippen LogP contribution in [0.4, 0.5) is 0 Å². The highest BCUT2D eigenvalue weighted by atomic mass is 16.5. The summed E-state index contributed by atoms with van der Waals surface area (Å²) in [5.41, 5.74) is 2.68. The molecule has 0 aromatic carbocycles. The Balaban J connectivity index is 1.70. The molecule has 0 bridgehead atoms. The Kier molecular flexibility index (Phi) is 4.97. The molecule has 1 aromatic heterocycles. The number of nitrogens with one attached hydrogen (secondary N) is 1. The van der Waals surface area contributed by atoms with Gasteiger partial charge in [-0.3, -0.25) is 9.48 Å². The normalized spacial score (nSPS) is 30.2. The van der Waals surface area contributed by atoms with Crippen LogP contribution in [-0.2, 0) is 18.2 Å². The van der Waals surface area contributed by atoms with E-state index in [-0.39, 0.29) is 24.2 Å². The second-order valence-electron chi connectivity index (χ2n) is 7.57. The van der Waals surface area contributed by atoms with Gasteiger partial charge in [-0.15, -0.1) is 0 Å². The van der Waals surface area contributed by atoms with Crippen molar-refractivity contribution in [2.24, 2.45) is 7.05 Å². The zero-order valence-corrected chi connectivity index (χ0v) is 15.5. The molecule has 24 heavy (non-hydrogen) atoms. The van der Waals surface area contributed by atoms with Gasteiger partial charge in [-0.05, 0) is 53.6 Å². The second kappa shape index (κ2) is 6.84. The van der Waals surface area contributed by atoms with E-state index < -0.39 is 0 Å². The van der Waals surface area contributed by atoms with Gasteiger partial charge in [-0.2, -0.15) is 5.10 Å². The first-order valence-electron chi connectivity index (χ1n) is 9.05. The van der Waals surface area contributed by atoms with Gasteiger partial charge >= 0.3 is 0 Å².